The van der Waals surface area contributed by atoms with Gasteiger partial charge in [-0.1, -0.05) is 13.0 Å². The first-order chi connectivity index (χ1) is 7.17. The van der Waals surface area contributed by atoms with Gasteiger partial charge in [0, 0.05) is 12.2 Å². The summed E-state index contributed by atoms with van der Waals surface area (Å²) in [6.07, 6.45) is 0.744. The summed E-state index contributed by atoms with van der Waals surface area (Å²) in [5.74, 6) is 0.400. The highest BCUT2D eigenvalue weighted by molar-refractivity contribution is 5.91. The Morgan fingerprint density at radius 2 is 2.33 bits per heavy atom. The summed E-state index contributed by atoms with van der Waals surface area (Å²) in [6.45, 7) is 4.20. The molecule has 1 aromatic rings. The standard InChI is InChI=1S/C11H17N3O/c1-3-9(7-12)11(15)14-10-6-4-5-8(2)13-10/h4-6,9H,3,7,12H2,1-2H3,(H,13,14,15). The summed E-state index contributed by atoms with van der Waals surface area (Å²) in [6, 6.07) is 5.52. The Hall–Kier alpha value is -1.42. The van der Waals surface area contributed by atoms with Gasteiger partial charge in [-0.15, -0.1) is 0 Å². The number of hydrogen-bond acceptors (Lipinski definition) is 3. The van der Waals surface area contributed by atoms with Crippen LogP contribution in [0, 0.1) is 12.8 Å². The van der Waals surface area contributed by atoms with Crippen LogP contribution in [0.5, 0.6) is 0 Å². The first kappa shape index (κ1) is 11.7. The number of anilines is 1. The van der Waals surface area contributed by atoms with Crippen LogP contribution >= 0.6 is 0 Å². The second-order valence-corrected chi connectivity index (χ2v) is 3.49. The molecule has 0 radical (unpaired) electrons. The molecular formula is C11H17N3O. The molecule has 15 heavy (non-hydrogen) atoms. The minimum atomic E-state index is -0.132. The monoisotopic (exact) mass is 207 g/mol. The van der Waals surface area contributed by atoms with E-state index < -0.39 is 0 Å². The van der Waals surface area contributed by atoms with Gasteiger partial charge in [0.1, 0.15) is 5.82 Å². The fourth-order valence-electron chi connectivity index (χ4n) is 1.30. The van der Waals surface area contributed by atoms with Gasteiger partial charge in [0.2, 0.25) is 5.91 Å². The van der Waals surface area contributed by atoms with Crippen LogP contribution in [0.1, 0.15) is 19.0 Å². The topological polar surface area (TPSA) is 68.0 Å². The number of nitrogens with two attached hydrogens (primary N) is 1. The normalized spacial score (nSPS) is 12.2. The fourth-order valence-corrected chi connectivity index (χ4v) is 1.30. The smallest absolute Gasteiger partial charge is 0.229 e. The lowest BCUT2D eigenvalue weighted by Crippen LogP contribution is -2.28. The molecule has 0 fully saturated rings. The van der Waals surface area contributed by atoms with E-state index in [4.69, 9.17) is 5.73 Å². The molecule has 0 saturated carbocycles. The van der Waals surface area contributed by atoms with Gasteiger partial charge >= 0.3 is 0 Å². The lowest BCUT2D eigenvalue weighted by Gasteiger charge is -2.12. The van der Waals surface area contributed by atoms with E-state index >= 15 is 0 Å². The van der Waals surface area contributed by atoms with Crippen LogP contribution in [0.25, 0.3) is 0 Å². The van der Waals surface area contributed by atoms with Crippen molar-refractivity contribution in [1.82, 2.24) is 4.98 Å². The molecule has 82 valence electrons. The van der Waals surface area contributed by atoms with Gasteiger partial charge in [-0.05, 0) is 25.5 Å². The largest absolute Gasteiger partial charge is 0.330 e. The number of amides is 1. The zero-order valence-electron chi connectivity index (χ0n) is 9.16. The van der Waals surface area contributed by atoms with E-state index in [1.54, 1.807) is 6.07 Å². The number of aromatic nitrogens is 1. The van der Waals surface area contributed by atoms with Crippen molar-refractivity contribution >= 4 is 11.7 Å². The number of carbonyl (C=O) groups is 1. The first-order valence-corrected chi connectivity index (χ1v) is 5.12. The molecule has 0 bridgehead atoms. The van der Waals surface area contributed by atoms with E-state index in [0.717, 1.165) is 12.1 Å². The molecule has 3 N–H and O–H groups in total. The molecule has 0 aliphatic rings. The van der Waals surface area contributed by atoms with Gasteiger partial charge in [0.05, 0.1) is 5.92 Å². The number of rotatable bonds is 4. The number of nitrogens with one attached hydrogen (secondary N) is 1. The Morgan fingerprint density at radius 3 is 2.87 bits per heavy atom. The molecule has 1 heterocycles. The summed E-state index contributed by atoms with van der Waals surface area (Å²) < 4.78 is 0. The molecule has 0 aliphatic heterocycles. The maximum Gasteiger partial charge on any atom is 0.229 e. The predicted molar refractivity (Wildman–Crippen MR) is 60.4 cm³/mol. The Labute approximate surface area is 89.9 Å². The lowest BCUT2D eigenvalue weighted by atomic mass is 10.1. The Bertz CT molecular complexity index is 334. The van der Waals surface area contributed by atoms with Crippen LogP contribution in [-0.4, -0.2) is 17.4 Å². The van der Waals surface area contributed by atoms with Gasteiger partial charge in [-0.3, -0.25) is 4.79 Å². The van der Waals surface area contributed by atoms with Crippen molar-refractivity contribution in [3.63, 3.8) is 0 Å². The molecule has 1 unspecified atom stereocenters. The van der Waals surface area contributed by atoms with Gasteiger partial charge in [-0.25, -0.2) is 4.98 Å². The van der Waals surface area contributed by atoms with Crippen molar-refractivity contribution in [1.29, 1.82) is 0 Å². The molecule has 0 spiro atoms. The summed E-state index contributed by atoms with van der Waals surface area (Å²) in [5.41, 5.74) is 6.37. The van der Waals surface area contributed by atoms with Crippen LogP contribution in [0.2, 0.25) is 0 Å². The molecule has 4 heteroatoms. The summed E-state index contributed by atoms with van der Waals surface area (Å²) in [5, 5.41) is 2.75. The van der Waals surface area contributed by atoms with E-state index in [0.29, 0.717) is 12.4 Å². The molecule has 0 aliphatic carbocycles. The molecule has 1 atom stereocenters. The van der Waals surface area contributed by atoms with Crippen molar-refractivity contribution in [3.05, 3.63) is 23.9 Å². The van der Waals surface area contributed by atoms with Crippen LogP contribution in [0.4, 0.5) is 5.82 Å². The van der Waals surface area contributed by atoms with Crippen molar-refractivity contribution in [2.45, 2.75) is 20.3 Å². The van der Waals surface area contributed by atoms with Crippen LogP contribution < -0.4 is 11.1 Å². The third-order valence-corrected chi connectivity index (χ3v) is 2.29. The molecule has 1 rings (SSSR count). The summed E-state index contributed by atoms with van der Waals surface area (Å²) in [7, 11) is 0. The number of hydrogen-bond donors (Lipinski definition) is 2. The third-order valence-electron chi connectivity index (χ3n) is 2.29. The van der Waals surface area contributed by atoms with Crippen LogP contribution in [-0.2, 0) is 4.79 Å². The SMILES string of the molecule is CCC(CN)C(=O)Nc1cccc(C)n1. The number of pyridine rings is 1. The van der Waals surface area contributed by atoms with Gasteiger partial charge in [0.15, 0.2) is 0 Å². The quantitative estimate of drug-likeness (QED) is 0.782. The Balaban J connectivity index is 2.65. The Kier molecular flexibility index (Phi) is 4.24. The second kappa shape index (κ2) is 5.46. The molecule has 0 aromatic carbocycles. The van der Waals surface area contributed by atoms with Gasteiger partial charge in [0.25, 0.3) is 0 Å². The average molecular weight is 207 g/mol. The maximum absolute atomic E-state index is 11.7. The van der Waals surface area contributed by atoms with Gasteiger partial charge < -0.3 is 11.1 Å². The minimum absolute atomic E-state index is 0.0573. The lowest BCUT2D eigenvalue weighted by molar-refractivity contribution is -0.119. The van der Waals surface area contributed by atoms with E-state index in [9.17, 15) is 4.79 Å². The number of carbonyl (C=O) groups excluding carboxylic acids is 1. The zero-order chi connectivity index (χ0) is 11.3. The Morgan fingerprint density at radius 1 is 1.60 bits per heavy atom. The predicted octanol–water partition coefficient (Wildman–Crippen LogP) is 1.31. The maximum atomic E-state index is 11.7. The minimum Gasteiger partial charge on any atom is -0.330 e. The van der Waals surface area contributed by atoms with E-state index in [-0.39, 0.29) is 11.8 Å². The summed E-state index contributed by atoms with van der Waals surface area (Å²) in [4.78, 5) is 15.8. The molecule has 1 amide bonds. The molecular weight excluding hydrogens is 190 g/mol. The second-order valence-electron chi connectivity index (χ2n) is 3.49. The highest BCUT2D eigenvalue weighted by Gasteiger charge is 2.14. The number of nitrogens with zero attached hydrogens (tertiary/aromatic N) is 1. The highest BCUT2D eigenvalue weighted by atomic mass is 16.1. The molecule has 1 aromatic heterocycles. The van der Waals surface area contributed by atoms with Crippen molar-refractivity contribution in [2.75, 3.05) is 11.9 Å². The van der Waals surface area contributed by atoms with E-state index in [2.05, 4.69) is 10.3 Å². The molecule has 4 nitrogen and oxygen atoms in total. The number of aryl methyl sites for hydroxylation is 1. The zero-order valence-corrected chi connectivity index (χ0v) is 9.16. The van der Waals surface area contributed by atoms with Crippen LogP contribution in [0.15, 0.2) is 18.2 Å². The third kappa shape index (κ3) is 3.32. The van der Waals surface area contributed by atoms with Crippen molar-refractivity contribution in [2.24, 2.45) is 11.7 Å². The highest BCUT2D eigenvalue weighted by Crippen LogP contribution is 2.07. The van der Waals surface area contributed by atoms with Crippen molar-refractivity contribution in [3.8, 4) is 0 Å². The average Bonchev–Trinajstić information content (AvgIpc) is 2.19. The fraction of sp³-hybridized carbons (Fsp3) is 0.455. The van der Waals surface area contributed by atoms with E-state index in [1.807, 2.05) is 26.0 Å². The van der Waals surface area contributed by atoms with Gasteiger partial charge in [-0.2, -0.15) is 0 Å². The summed E-state index contributed by atoms with van der Waals surface area (Å²) >= 11 is 0. The van der Waals surface area contributed by atoms with Crippen molar-refractivity contribution < 1.29 is 4.79 Å². The molecule has 0 saturated heterocycles. The van der Waals surface area contributed by atoms with Crippen LogP contribution in [0.3, 0.4) is 0 Å². The van der Waals surface area contributed by atoms with E-state index in [1.165, 1.54) is 0 Å². The first-order valence-electron chi connectivity index (χ1n) is 5.12.